The first-order valence-electron chi connectivity index (χ1n) is 7.20. The molecule has 0 spiro atoms. The molecule has 2 aromatic carbocycles. The van der Waals surface area contributed by atoms with Crippen LogP contribution >= 0.6 is 23.2 Å². The maximum absolute atomic E-state index is 12.6. The molecule has 0 aliphatic heterocycles. The summed E-state index contributed by atoms with van der Waals surface area (Å²) in [7, 11) is 0. The summed E-state index contributed by atoms with van der Waals surface area (Å²) in [6.45, 7) is 0. The van der Waals surface area contributed by atoms with Crippen molar-refractivity contribution in [3.63, 3.8) is 0 Å². The third-order valence-electron chi connectivity index (χ3n) is 3.68. The van der Waals surface area contributed by atoms with Gasteiger partial charge in [0, 0.05) is 16.0 Å². The van der Waals surface area contributed by atoms with E-state index >= 15 is 0 Å². The lowest BCUT2D eigenvalue weighted by molar-refractivity contribution is 0.0986. The standard InChI is InChI=1S/C19H10Cl2O3/c20-12-5-6-13(14(21)10-12)16-7-8-17(24-16)19(22)18-9-11-3-1-2-4-15(11)23-18/h1-10H. The van der Waals surface area contributed by atoms with Crippen molar-refractivity contribution in [1.29, 1.82) is 0 Å². The summed E-state index contributed by atoms with van der Waals surface area (Å²) < 4.78 is 11.3. The lowest BCUT2D eigenvalue weighted by Crippen LogP contribution is -1.96. The number of hydrogen-bond acceptors (Lipinski definition) is 3. The summed E-state index contributed by atoms with van der Waals surface area (Å²) in [5.74, 6) is 0.605. The molecule has 0 saturated heterocycles. The third kappa shape index (κ3) is 2.62. The van der Waals surface area contributed by atoms with Gasteiger partial charge >= 0.3 is 0 Å². The van der Waals surface area contributed by atoms with Crippen LogP contribution in [0.2, 0.25) is 10.0 Å². The molecule has 0 N–H and O–H groups in total. The van der Waals surface area contributed by atoms with Crippen molar-refractivity contribution in [2.75, 3.05) is 0 Å². The molecule has 0 amide bonds. The second-order valence-electron chi connectivity index (χ2n) is 5.27. The lowest BCUT2D eigenvalue weighted by Gasteiger charge is -2.01. The lowest BCUT2D eigenvalue weighted by atomic mass is 10.2. The smallest absolute Gasteiger partial charge is 0.263 e. The van der Waals surface area contributed by atoms with Gasteiger partial charge in [-0.1, -0.05) is 41.4 Å². The monoisotopic (exact) mass is 356 g/mol. The van der Waals surface area contributed by atoms with Gasteiger partial charge in [-0.15, -0.1) is 0 Å². The van der Waals surface area contributed by atoms with Gasteiger partial charge in [0.05, 0.1) is 5.02 Å². The molecule has 0 radical (unpaired) electrons. The van der Waals surface area contributed by atoms with Crippen molar-refractivity contribution in [2.45, 2.75) is 0 Å². The van der Waals surface area contributed by atoms with Crippen LogP contribution in [0.5, 0.6) is 0 Å². The molecule has 4 rings (SSSR count). The van der Waals surface area contributed by atoms with Gasteiger partial charge in [-0.05, 0) is 42.5 Å². The van der Waals surface area contributed by atoms with E-state index in [1.807, 2.05) is 24.3 Å². The minimum absolute atomic E-state index is 0.190. The van der Waals surface area contributed by atoms with Gasteiger partial charge in [-0.3, -0.25) is 4.79 Å². The number of benzene rings is 2. The highest BCUT2D eigenvalue weighted by Crippen LogP contribution is 2.32. The van der Waals surface area contributed by atoms with Crippen LogP contribution in [0, 0.1) is 0 Å². The summed E-state index contributed by atoms with van der Waals surface area (Å²) in [5, 5.41) is 1.86. The fourth-order valence-corrected chi connectivity index (χ4v) is 3.01. The molecule has 24 heavy (non-hydrogen) atoms. The van der Waals surface area contributed by atoms with Gasteiger partial charge < -0.3 is 8.83 Å². The second kappa shape index (κ2) is 5.86. The molecule has 0 fully saturated rings. The quantitative estimate of drug-likeness (QED) is 0.408. The first-order valence-corrected chi connectivity index (χ1v) is 7.96. The molecule has 118 valence electrons. The number of halogens is 2. The highest BCUT2D eigenvalue weighted by atomic mass is 35.5. The average Bonchev–Trinajstić information content (AvgIpc) is 3.21. The Bertz CT molecular complexity index is 1030. The second-order valence-corrected chi connectivity index (χ2v) is 6.11. The van der Waals surface area contributed by atoms with Crippen molar-refractivity contribution >= 4 is 40.0 Å². The van der Waals surface area contributed by atoms with E-state index in [1.54, 1.807) is 36.4 Å². The summed E-state index contributed by atoms with van der Waals surface area (Å²) in [4.78, 5) is 12.6. The number of rotatable bonds is 3. The van der Waals surface area contributed by atoms with Crippen molar-refractivity contribution in [3.05, 3.63) is 82.2 Å². The van der Waals surface area contributed by atoms with Crippen molar-refractivity contribution in [3.8, 4) is 11.3 Å². The molecule has 0 aliphatic rings. The third-order valence-corrected chi connectivity index (χ3v) is 4.22. The highest BCUT2D eigenvalue weighted by Gasteiger charge is 2.19. The van der Waals surface area contributed by atoms with E-state index in [0.717, 1.165) is 5.39 Å². The fourth-order valence-electron chi connectivity index (χ4n) is 2.51. The maximum atomic E-state index is 12.6. The first kappa shape index (κ1) is 15.1. The summed E-state index contributed by atoms with van der Waals surface area (Å²) >= 11 is 12.1. The average molecular weight is 357 g/mol. The van der Waals surface area contributed by atoms with Crippen molar-refractivity contribution < 1.29 is 13.6 Å². The van der Waals surface area contributed by atoms with E-state index in [2.05, 4.69) is 0 Å². The molecule has 3 nitrogen and oxygen atoms in total. The molecular weight excluding hydrogens is 347 g/mol. The van der Waals surface area contributed by atoms with Gasteiger partial charge in [0.2, 0.25) is 0 Å². The van der Waals surface area contributed by atoms with Crippen molar-refractivity contribution in [2.24, 2.45) is 0 Å². The van der Waals surface area contributed by atoms with E-state index in [9.17, 15) is 4.79 Å². The number of para-hydroxylation sites is 1. The van der Waals surface area contributed by atoms with E-state index < -0.39 is 0 Å². The maximum Gasteiger partial charge on any atom is 0.263 e. The van der Waals surface area contributed by atoms with Gasteiger partial charge in [-0.2, -0.15) is 0 Å². The zero-order valence-corrected chi connectivity index (χ0v) is 13.8. The van der Waals surface area contributed by atoms with Crippen LogP contribution in [0.4, 0.5) is 0 Å². The minimum atomic E-state index is -0.317. The van der Waals surface area contributed by atoms with Gasteiger partial charge in [0.1, 0.15) is 11.3 Å². The minimum Gasteiger partial charge on any atom is -0.452 e. The number of fused-ring (bicyclic) bond motifs is 1. The zero-order chi connectivity index (χ0) is 16.7. The number of carbonyl (C=O) groups is 1. The van der Waals surface area contributed by atoms with Gasteiger partial charge in [0.15, 0.2) is 11.5 Å². The van der Waals surface area contributed by atoms with Crippen LogP contribution in [0.3, 0.4) is 0 Å². The Morgan fingerprint density at radius 2 is 1.67 bits per heavy atom. The molecular formula is C19H10Cl2O3. The Labute approximate surface area is 147 Å². The summed E-state index contributed by atoms with van der Waals surface area (Å²) in [6, 6.07) is 17.5. The topological polar surface area (TPSA) is 43.4 Å². The SMILES string of the molecule is O=C(c1ccc(-c2ccc(Cl)cc2Cl)o1)c1cc2ccccc2o1. The van der Waals surface area contributed by atoms with Crippen LogP contribution in [-0.4, -0.2) is 5.78 Å². The van der Waals surface area contributed by atoms with Crippen LogP contribution in [0.25, 0.3) is 22.3 Å². The molecule has 4 aromatic rings. The van der Waals surface area contributed by atoms with Crippen LogP contribution in [-0.2, 0) is 0 Å². The first-order chi connectivity index (χ1) is 11.6. The van der Waals surface area contributed by atoms with E-state index in [0.29, 0.717) is 27.0 Å². The molecule has 0 bridgehead atoms. The van der Waals surface area contributed by atoms with Crippen LogP contribution in [0.1, 0.15) is 16.3 Å². The Morgan fingerprint density at radius 3 is 2.46 bits per heavy atom. The predicted molar refractivity (Wildman–Crippen MR) is 93.8 cm³/mol. The Balaban J connectivity index is 1.70. The van der Waals surface area contributed by atoms with Gasteiger partial charge in [-0.25, -0.2) is 0 Å². The molecule has 2 heterocycles. The molecule has 0 atom stereocenters. The van der Waals surface area contributed by atoms with Crippen LogP contribution in [0.15, 0.2) is 69.5 Å². The van der Waals surface area contributed by atoms with E-state index in [-0.39, 0.29) is 17.3 Å². The fraction of sp³-hybridized carbons (Fsp3) is 0. The van der Waals surface area contributed by atoms with E-state index in [4.69, 9.17) is 32.0 Å². The largest absolute Gasteiger partial charge is 0.452 e. The normalized spacial score (nSPS) is 11.1. The summed E-state index contributed by atoms with van der Waals surface area (Å²) in [6.07, 6.45) is 0. The number of furan rings is 2. The number of carbonyl (C=O) groups excluding carboxylic acids is 1. The Kier molecular flexibility index (Phi) is 3.68. The van der Waals surface area contributed by atoms with Gasteiger partial charge in [0.25, 0.3) is 5.78 Å². The molecule has 0 aliphatic carbocycles. The molecule has 0 saturated carbocycles. The highest BCUT2D eigenvalue weighted by molar-refractivity contribution is 6.36. The number of ketones is 1. The predicted octanol–water partition coefficient (Wildman–Crippen LogP) is 6.23. The van der Waals surface area contributed by atoms with E-state index in [1.165, 1.54) is 0 Å². The molecule has 0 unspecified atom stereocenters. The summed E-state index contributed by atoms with van der Waals surface area (Å²) in [5.41, 5.74) is 1.33. The Morgan fingerprint density at radius 1 is 0.833 bits per heavy atom. The number of hydrogen-bond donors (Lipinski definition) is 0. The zero-order valence-electron chi connectivity index (χ0n) is 12.3. The van der Waals surface area contributed by atoms with Crippen LogP contribution < -0.4 is 0 Å². The Hall–Kier alpha value is -2.49. The van der Waals surface area contributed by atoms with Crippen molar-refractivity contribution in [1.82, 2.24) is 0 Å². The molecule has 5 heteroatoms. The molecule has 2 aromatic heterocycles.